The van der Waals surface area contributed by atoms with Crippen LogP contribution >= 0.6 is 11.5 Å². The monoisotopic (exact) mass is 236 g/mol. The Hall–Kier alpha value is -1.34. The van der Waals surface area contributed by atoms with Crippen molar-refractivity contribution in [2.75, 3.05) is 6.54 Å². The van der Waals surface area contributed by atoms with Crippen LogP contribution in [0.25, 0.3) is 10.7 Å². The molecule has 1 aliphatic heterocycles. The van der Waals surface area contributed by atoms with Crippen molar-refractivity contribution in [1.29, 1.82) is 0 Å². The Bertz CT molecular complexity index is 516. The predicted octanol–water partition coefficient (Wildman–Crippen LogP) is 0.769. The molecule has 2 aromatic heterocycles. The van der Waals surface area contributed by atoms with Gasteiger partial charge in [-0.3, -0.25) is 0 Å². The summed E-state index contributed by atoms with van der Waals surface area (Å²) in [5, 5.41) is 15.9. The summed E-state index contributed by atoms with van der Waals surface area (Å²) in [6, 6.07) is 0.260. The van der Waals surface area contributed by atoms with Crippen LogP contribution in [0, 0.1) is 6.92 Å². The fourth-order valence-electron chi connectivity index (χ4n) is 1.94. The molecule has 84 valence electrons. The number of hydrogen-bond donors (Lipinski definition) is 1. The molecule has 0 amide bonds. The number of nitrogens with zero attached hydrogens (tertiary/aromatic N) is 5. The van der Waals surface area contributed by atoms with Crippen LogP contribution in [-0.2, 0) is 6.54 Å². The number of nitrogens with one attached hydrogen (secondary N) is 1. The lowest BCUT2D eigenvalue weighted by Gasteiger charge is -2.21. The smallest absolute Gasteiger partial charge is 0.177 e. The van der Waals surface area contributed by atoms with Crippen LogP contribution in [0.3, 0.4) is 0 Å². The van der Waals surface area contributed by atoms with Crippen molar-refractivity contribution in [1.82, 2.24) is 29.7 Å². The maximum atomic E-state index is 4.25. The van der Waals surface area contributed by atoms with E-state index < -0.39 is 0 Å². The van der Waals surface area contributed by atoms with Gasteiger partial charge in [0.25, 0.3) is 0 Å². The summed E-state index contributed by atoms with van der Waals surface area (Å²) in [7, 11) is 0. The highest BCUT2D eigenvalue weighted by Crippen LogP contribution is 2.27. The van der Waals surface area contributed by atoms with Crippen LogP contribution in [-0.4, -0.2) is 30.9 Å². The summed E-state index contributed by atoms with van der Waals surface area (Å²) in [4.78, 5) is 1.02. The van der Waals surface area contributed by atoms with E-state index in [9.17, 15) is 0 Å². The maximum Gasteiger partial charge on any atom is 0.177 e. The summed E-state index contributed by atoms with van der Waals surface area (Å²) in [5.74, 6) is 1.89. The summed E-state index contributed by atoms with van der Waals surface area (Å²) >= 11 is 1.38. The molecule has 0 spiro atoms. The molecule has 0 fully saturated rings. The Morgan fingerprint density at radius 2 is 2.25 bits per heavy atom. The van der Waals surface area contributed by atoms with Crippen LogP contribution in [0.5, 0.6) is 0 Å². The number of aryl methyl sites for hydroxylation is 1. The third-order valence-corrected chi connectivity index (χ3v) is 3.63. The highest BCUT2D eigenvalue weighted by atomic mass is 32.1. The molecule has 7 heteroatoms. The van der Waals surface area contributed by atoms with E-state index in [1.165, 1.54) is 11.5 Å². The van der Waals surface area contributed by atoms with Gasteiger partial charge in [0.05, 0.1) is 11.7 Å². The second kappa shape index (κ2) is 3.60. The first-order valence-electron chi connectivity index (χ1n) is 5.23. The van der Waals surface area contributed by atoms with Gasteiger partial charge < -0.3 is 9.88 Å². The van der Waals surface area contributed by atoms with Gasteiger partial charge in [0.1, 0.15) is 10.7 Å². The minimum Gasteiger partial charge on any atom is -0.308 e. The van der Waals surface area contributed by atoms with Crippen molar-refractivity contribution in [3.63, 3.8) is 0 Å². The summed E-state index contributed by atoms with van der Waals surface area (Å²) in [6.45, 7) is 5.90. The Kier molecular flexibility index (Phi) is 2.22. The topological polar surface area (TPSA) is 68.5 Å². The van der Waals surface area contributed by atoms with Gasteiger partial charge in [-0.2, -0.15) is 0 Å². The summed E-state index contributed by atoms with van der Waals surface area (Å²) in [5.41, 5.74) is 0.923. The lowest BCUT2D eigenvalue weighted by atomic mass is 10.2. The van der Waals surface area contributed by atoms with Gasteiger partial charge in [0, 0.05) is 13.1 Å². The zero-order valence-corrected chi connectivity index (χ0v) is 9.95. The molecule has 1 aliphatic rings. The van der Waals surface area contributed by atoms with E-state index in [-0.39, 0.29) is 6.04 Å². The van der Waals surface area contributed by atoms with E-state index in [0.29, 0.717) is 0 Å². The molecule has 1 N–H and O–H groups in total. The fourth-order valence-corrected chi connectivity index (χ4v) is 2.60. The molecule has 0 bridgehead atoms. The van der Waals surface area contributed by atoms with Crippen molar-refractivity contribution in [2.24, 2.45) is 0 Å². The molecule has 1 atom stereocenters. The molecule has 2 aromatic rings. The average Bonchev–Trinajstić information content (AvgIpc) is 2.84. The largest absolute Gasteiger partial charge is 0.308 e. The second-order valence-corrected chi connectivity index (χ2v) is 4.65. The molecular weight excluding hydrogens is 224 g/mol. The van der Waals surface area contributed by atoms with E-state index >= 15 is 0 Å². The molecular formula is C9H12N6S. The van der Waals surface area contributed by atoms with E-state index in [1.54, 1.807) is 0 Å². The minimum atomic E-state index is 0.260. The number of rotatable bonds is 1. The highest BCUT2D eigenvalue weighted by Gasteiger charge is 2.23. The van der Waals surface area contributed by atoms with Gasteiger partial charge in [-0.25, -0.2) is 0 Å². The number of hydrogen-bond acceptors (Lipinski definition) is 6. The van der Waals surface area contributed by atoms with Crippen LogP contribution in [0.1, 0.15) is 24.5 Å². The van der Waals surface area contributed by atoms with Crippen molar-refractivity contribution in [2.45, 2.75) is 26.4 Å². The molecule has 0 saturated heterocycles. The van der Waals surface area contributed by atoms with Gasteiger partial charge in [0.15, 0.2) is 5.82 Å². The zero-order chi connectivity index (χ0) is 11.1. The molecule has 0 aromatic carbocycles. The normalized spacial score (nSPS) is 19.8. The van der Waals surface area contributed by atoms with Crippen LogP contribution in [0.2, 0.25) is 0 Å². The first-order chi connectivity index (χ1) is 7.77. The molecule has 0 saturated carbocycles. The Balaban J connectivity index is 2.13. The lowest BCUT2D eigenvalue weighted by Crippen LogP contribution is -2.32. The zero-order valence-electron chi connectivity index (χ0n) is 9.14. The third kappa shape index (κ3) is 1.35. The maximum absolute atomic E-state index is 4.25. The summed E-state index contributed by atoms with van der Waals surface area (Å²) in [6.07, 6.45) is 0. The Labute approximate surface area is 96.9 Å². The SMILES string of the molecule is Cc1nnsc1-c1nnc2n1CCNC2C. The number of aromatic nitrogens is 5. The average molecular weight is 236 g/mol. The van der Waals surface area contributed by atoms with Gasteiger partial charge in [-0.1, -0.05) is 4.49 Å². The van der Waals surface area contributed by atoms with Gasteiger partial charge in [-0.15, -0.1) is 15.3 Å². The number of fused-ring (bicyclic) bond motifs is 1. The van der Waals surface area contributed by atoms with Crippen LogP contribution in [0.15, 0.2) is 0 Å². The molecule has 6 nitrogen and oxygen atoms in total. The molecule has 1 unspecified atom stereocenters. The first-order valence-corrected chi connectivity index (χ1v) is 6.00. The predicted molar refractivity (Wildman–Crippen MR) is 60.1 cm³/mol. The Morgan fingerprint density at radius 1 is 1.38 bits per heavy atom. The highest BCUT2D eigenvalue weighted by molar-refractivity contribution is 7.09. The first kappa shape index (κ1) is 9.86. The lowest BCUT2D eigenvalue weighted by molar-refractivity contribution is 0.439. The Morgan fingerprint density at radius 3 is 3.00 bits per heavy atom. The van der Waals surface area contributed by atoms with E-state index in [2.05, 4.69) is 36.6 Å². The van der Waals surface area contributed by atoms with Crippen molar-refractivity contribution in [3.8, 4) is 10.7 Å². The third-order valence-electron chi connectivity index (χ3n) is 2.81. The van der Waals surface area contributed by atoms with Gasteiger partial charge >= 0.3 is 0 Å². The van der Waals surface area contributed by atoms with Gasteiger partial charge in [0.2, 0.25) is 0 Å². The fraction of sp³-hybridized carbons (Fsp3) is 0.556. The van der Waals surface area contributed by atoms with E-state index in [0.717, 1.165) is 35.3 Å². The van der Waals surface area contributed by atoms with E-state index in [4.69, 9.17) is 0 Å². The van der Waals surface area contributed by atoms with Gasteiger partial charge in [-0.05, 0) is 25.4 Å². The molecule has 3 heterocycles. The van der Waals surface area contributed by atoms with Crippen LogP contribution < -0.4 is 5.32 Å². The molecule has 3 rings (SSSR count). The molecule has 0 aliphatic carbocycles. The van der Waals surface area contributed by atoms with Crippen molar-refractivity contribution < 1.29 is 0 Å². The van der Waals surface area contributed by atoms with Crippen molar-refractivity contribution in [3.05, 3.63) is 11.5 Å². The van der Waals surface area contributed by atoms with Crippen molar-refractivity contribution >= 4 is 11.5 Å². The molecule has 0 radical (unpaired) electrons. The quantitative estimate of drug-likeness (QED) is 0.792. The van der Waals surface area contributed by atoms with E-state index in [1.807, 2.05) is 6.92 Å². The molecule has 16 heavy (non-hydrogen) atoms. The minimum absolute atomic E-state index is 0.260. The summed E-state index contributed by atoms with van der Waals surface area (Å²) < 4.78 is 6.10. The van der Waals surface area contributed by atoms with Crippen LogP contribution in [0.4, 0.5) is 0 Å². The standard InChI is InChI=1S/C9H12N6S/c1-5-7(16-14-11-5)9-13-12-8-6(2)10-3-4-15(8)9/h6,10H,3-4H2,1-2H3. The second-order valence-electron chi connectivity index (χ2n) is 3.90.